The Balaban J connectivity index is 1.89. The second-order valence-electron chi connectivity index (χ2n) is 4.89. The molecule has 2 aromatic heterocycles. The minimum atomic E-state index is -1.10. The maximum absolute atomic E-state index is 12.6. The number of carbonyl (C=O) groups is 2. The summed E-state index contributed by atoms with van der Waals surface area (Å²) in [7, 11) is 0. The van der Waals surface area contributed by atoms with Crippen LogP contribution in [0.1, 0.15) is 16.1 Å². The lowest BCUT2D eigenvalue weighted by atomic mass is 10.1. The number of benzene rings is 1. The lowest BCUT2D eigenvalue weighted by Crippen LogP contribution is -2.35. The molecule has 1 amide bonds. The zero-order chi connectivity index (χ0) is 16.4. The van der Waals surface area contributed by atoms with E-state index in [1.807, 2.05) is 0 Å². The van der Waals surface area contributed by atoms with Gasteiger partial charge in [0.15, 0.2) is 0 Å². The number of furan rings is 1. The van der Waals surface area contributed by atoms with E-state index in [0.29, 0.717) is 22.4 Å². The normalized spacial score (nSPS) is 10.8. The van der Waals surface area contributed by atoms with Gasteiger partial charge in [0.25, 0.3) is 5.91 Å². The smallest absolute Gasteiger partial charge is 0.323 e. The maximum Gasteiger partial charge on any atom is 0.323 e. The van der Waals surface area contributed by atoms with Crippen LogP contribution in [0.3, 0.4) is 0 Å². The zero-order valence-electron chi connectivity index (χ0n) is 11.8. The minimum absolute atomic E-state index is 0.0693. The van der Waals surface area contributed by atoms with Crippen molar-refractivity contribution >= 4 is 34.5 Å². The highest BCUT2D eigenvalue weighted by molar-refractivity contribution is 6.29. The number of rotatable bonds is 5. The number of imidazole rings is 1. The Hall–Kier alpha value is -2.80. The summed E-state index contributed by atoms with van der Waals surface area (Å²) in [4.78, 5) is 31.7. The molecule has 0 spiro atoms. The largest absolute Gasteiger partial charge is 0.480 e. The summed E-state index contributed by atoms with van der Waals surface area (Å²) >= 11 is 5.79. The number of H-pyrrole nitrogens is 1. The summed E-state index contributed by atoms with van der Waals surface area (Å²) in [6.07, 6.45) is 1.47. The molecular weight excluding hydrogens is 322 g/mol. The molecule has 0 radical (unpaired) electrons. The number of hydrogen-bond donors (Lipinski definition) is 2. The summed E-state index contributed by atoms with van der Waals surface area (Å²) in [5, 5.41) is 9.25. The molecule has 0 bridgehead atoms. The van der Waals surface area contributed by atoms with Gasteiger partial charge in [0, 0.05) is 5.56 Å². The van der Waals surface area contributed by atoms with Crippen LogP contribution in [0.5, 0.6) is 0 Å². The molecule has 0 saturated carbocycles. The number of aromatic nitrogens is 2. The Morgan fingerprint density at radius 2 is 2.17 bits per heavy atom. The molecule has 0 saturated heterocycles. The highest BCUT2D eigenvalue weighted by atomic mass is 35.5. The second kappa shape index (κ2) is 6.13. The summed E-state index contributed by atoms with van der Waals surface area (Å²) in [5.41, 5.74) is 1.57. The van der Waals surface area contributed by atoms with Gasteiger partial charge in [-0.25, -0.2) is 4.98 Å². The minimum Gasteiger partial charge on any atom is -0.480 e. The number of carbonyl (C=O) groups excluding carboxylic acids is 1. The van der Waals surface area contributed by atoms with E-state index in [2.05, 4.69) is 9.97 Å². The summed E-state index contributed by atoms with van der Waals surface area (Å²) in [6, 6.07) is 8.18. The first-order chi connectivity index (χ1) is 11.0. The number of aromatic amines is 1. The average molecular weight is 334 g/mol. The lowest BCUT2D eigenvalue weighted by Gasteiger charge is -2.19. The van der Waals surface area contributed by atoms with Crippen molar-refractivity contribution in [3.05, 3.63) is 53.2 Å². The first kappa shape index (κ1) is 15.1. The number of amides is 1. The van der Waals surface area contributed by atoms with E-state index in [9.17, 15) is 9.59 Å². The zero-order valence-corrected chi connectivity index (χ0v) is 12.6. The van der Waals surface area contributed by atoms with Crippen molar-refractivity contribution in [2.75, 3.05) is 6.54 Å². The van der Waals surface area contributed by atoms with Gasteiger partial charge in [-0.2, -0.15) is 0 Å². The van der Waals surface area contributed by atoms with Crippen LogP contribution < -0.4 is 0 Å². The fourth-order valence-electron chi connectivity index (χ4n) is 2.25. The summed E-state index contributed by atoms with van der Waals surface area (Å²) < 4.78 is 5.18. The molecule has 8 heteroatoms. The van der Waals surface area contributed by atoms with Gasteiger partial charge >= 0.3 is 5.97 Å². The van der Waals surface area contributed by atoms with Crippen molar-refractivity contribution in [3.8, 4) is 0 Å². The van der Waals surface area contributed by atoms with Gasteiger partial charge in [-0.05, 0) is 41.9 Å². The number of carboxylic acid groups (broad SMARTS) is 1. The standard InChI is InChI=1S/C15H12ClN3O4/c16-15-17-11-4-3-9(6-12(11)18-15)14(22)19(8-13(20)21)7-10-2-1-5-23-10/h1-6H,7-8H2,(H,17,18)(H,20,21). The van der Waals surface area contributed by atoms with E-state index in [1.54, 1.807) is 30.3 Å². The third kappa shape index (κ3) is 3.35. The number of aliphatic carboxylic acids is 1. The molecular formula is C15H12ClN3O4. The van der Waals surface area contributed by atoms with Crippen molar-refractivity contribution in [1.29, 1.82) is 0 Å². The SMILES string of the molecule is O=C(O)CN(Cc1ccco1)C(=O)c1ccc2nc(Cl)[nH]c2c1. The van der Waals surface area contributed by atoms with Gasteiger partial charge in [-0.15, -0.1) is 0 Å². The Labute approximate surface area is 135 Å². The second-order valence-corrected chi connectivity index (χ2v) is 5.25. The van der Waals surface area contributed by atoms with Gasteiger partial charge < -0.3 is 19.4 Å². The van der Waals surface area contributed by atoms with E-state index < -0.39 is 18.4 Å². The van der Waals surface area contributed by atoms with Gasteiger partial charge in [-0.1, -0.05) is 0 Å². The molecule has 2 heterocycles. The van der Waals surface area contributed by atoms with E-state index in [4.69, 9.17) is 21.1 Å². The van der Waals surface area contributed by atoms with E-state index >= 15 is 0 Å². The molecule has 0 unspecified atom stereocenters. The van der Waals surface area contributed by atoms with E-state index in [1.165, 1.54) is 11.2 Å². The Morgan fingerprint density at radius 3 is 2.87 bits per heavy atom. The Bertz CT molecular complexity index is 857. The molecule has 0 aliphatic rings. The van der Waals surface area contributed by atoms with Crippen molar-refractivity contribution in [1.82, 2.24) is 14.9 Å². The molecule has 3 rings (SSSR count). The van der Waals surface area contributed by atoms with E-state index in [-0.39, 0.29) is 11.8 Å². The number of nitrogens with one attached hydrogen (secondary N) is 1. The molecule has 0 atom stereocenters. The number of nitrogens with zero attached hydrogens (tertiary/aromatic N) is 2. The molecule has 1 aromatic carbocycles. The molecule has 0 aliphatic carbocycles. The first-order valence-corrected chi connectivity index (χ1v) is 7.09. The Kier molecular flexibility index (Phi) is 4.03. The Morgan fingerprint density at radius 1 is 1.35 bits per heavy atom. The van der Waals surface area contributed by atoms with Crippen LogP contribution in [0, 0.1) is 0 Å². The average Bonchev–Trinajstić information content (AvgIpc) is 3.12. The van der Waals surface area contributed by atoms with Gasteiger partial charge in [-0.3, -0.25) is 9.59 Å². The molecule has 118 valence electrons. The highest BCUT2D eigenvalue weighted by Gasteiger charge is 2.20. The summed E-state index contributed by atoms with van der Waals surface area (Å²) in [5.74, 6) is -1.02. The van der Waals surface area contributed by atoms with Crippen LogP contribution in [0.4, 0.5) is 0 Å². The van der Waals surface area contributed by atoms with Crippen molar-refractivity contribution in [3.63, 3.8) is 0 Å². The topological polar surface area (TPSA) is 99.4 Å². The molecule has 23 heavy (non-hydrogen) atoms. The molecule has 7 nitrogen and oxygen atoms in total. The van der Waals surface area contributed by atoms with Crippen LogP contribution >= 0.6 is 11.6 Å². The molecule has 0 fully saturated rings. The summed E-state index contributed by atoms with van der Waals surface area (Å²) in [6.45, 7) is -0.360. The predicted octanol–water partition coefficient (Wildman–Crippen LogP) is 2.54. The fourth-order valence-corrected chi connectivity index (χ4v) is 2.44. The molecule has 2 N–H and O–H groups in total. The lowest BCUT2D eigenvalue weighted by molar-refractivity contribution is -0.137. The third-order valence-corrected chi connectivity index (χ3v) is 3.42. The monoisotopic (exact) mass is 333 g/mol. The highest BCUT2D eigenvalue weighted by Crippen LogP contribution is 2.18. The van der Waals surface area contributed by atoms with Crippen LogP contribution in [0.25, 0.3) is 11.0 Å². The molecule has 3 aromatic rings. The van der Waals surface area contributed by atoms with Crippen LogP contribution in [0.2, 0.25) is 5.28 Å². The predicted molar refractivity (Wildman–Crippen MR) is 82.2 cm³/mol. The van der Waals surface area contributed by atoms with Crippen molar-refractivity contribution in [2.24, 2.45) is 0 Å². The van der Waals surface area contributed by atoms with Crippen LogP contribution in [0.15, 0.2) is 41.0 Å². The quantitative estimate of drug-likeness (QED) is 0.747. The number of fused-ring (bicyclic) bond motifs is 1. The third-order valence-electron chi connectivity index (χ3n) is 3.24. The van der Waals surface area contributed by atoms with Crippen molar-refractivity contribution < 1.29 is 19.1 Å². The fraction of sp³-hybridized carbons (Fsp3) is 0.133. The first-order valence-electron chi connectivity index (χ1n) is 6.71. The maximum atomic E-state index is 12.6. The van der Waals surface area contributed by atoms with Gasteiger partial charge in [0.05, 0.1) is 23.8 Å². The number of halogens is 1. The number of hydrogen-bond acceptors (Lipinski definition) is 4. The van der Waals surface area contributed by atoms with Gasteiger partial charge in [0.1, 0.15) is 12.3 Å². The van der Waals surface area contributed by atoms with E-state index in [0.717, 1.165) is 0 Å². The van der Waals surface area contributed by atoms with Crippen molar-refractivity contribution in [2.45, 2.75) is 6.54 Å². The van der Waals surface area contributed by atoms with Crippen LogP contribution in [-0.2, 0) is 11.3 Å². The molecule has 0 aliphatic heterocycles. The van der Waals surface area contributed by atoms with Gasteiger partial charge in [0.2, 0.25) is 5.28 Å². The van der Waals surface area contributed by atoms with Crippen LogP contribution in [-0.4, -0.2) is 38.4 Å². The number of carboxylic acids is 1.